The van der Waals surface area contributed by atoms with Gasteiger partial charge in [-0.3, -0.25) is 0 Å². The lowest BCUT2D eigenvalue weighted by Gasteiger charge is -2.09. The molecule has 0 fully saturated rings. The Labute approximate surface area is 164 Å². The molecule has 1 aliphatic rings. The van der Waals surface area contributed by atoms with Crippen molar-refractivity contribution in [2.24, 2.45) is 0 Å². The molecular formula is C21H22O4S2. The molecule has 0 amide bonds. The van der Waals surface area contributed by atoms with Crippen molar-refractivity contribution in [1.82, 2.24) is 0 Å². The number of carbonyl (C=O) groups excluding carboxylic acids is 1. The van der Waals surface area contributed by atoms with Gasteiger partial charge in [-0.2, -0.15) is 0 Å². The zero-order chi connectivity index (χ0) is 19.4. The molecule has 4 nitrogen and oxygen atoms in total. The molecule has 6 heteroatoms. The van der Waals surface area contributed by atoms with Crippen molar-refractivity contribution in [3.05, 3.63) is 53.6 Å². The van der Waals surface area contributed by atoms with Gasteiger partial charge in [-0.15, -0.1) is 11.8 Å². The van der Waals surface area contributed by atoms with Crippen LogP contribution in [-0.4, -0.2) is 33.0 Å². The van der Waals surface area contributed by atoms with Crippen LogP contribution in [0.25, 0.3) is 17.2 Å². The molecule has 2 aromatic carbocycles. The van der Waals surface area contributed by atoms with Crippen molar-refractivity contribution >= 4 is 33.6 Å². The second-order valence-electron chi connectivity index (χ2n) is 6.36. The minimum Gasteiger partial charge on any atom is -0.466 e. The highest BCUT2D eigenvalue weighted by Crippen LogP contribution is 2.32. The first-order chi connectivity index (χ1) is 12.9. The topological polar surface area (TPSA) is 60.4 Å². The Balaban J connectivity index is 2.01. The lowest BCUT2D eigenvalue weighted by molar-refractivity contribution is -0.136. The van der Waals surface area contributed by atoms with Crippen LogP contribution in [-0.2, 0) is 19.4 Å². The quantitative estimate of drug-likeness (QED) is 0.541. The number of hydrogen-bond donors (Lipinski definition) is 0. The Hall–Kier alpha value is -2.05. The summed E-state index contributed by atoms with van der Waals surface area (Å²) in [5, 5.41) is 0. The Morgan fingerprint density at radius 2 is 1.81 bits per heavy atom. The molecule has 3 rings (SSSR count). The van der Waals surface area contributed by atoms with E-state index >= 15 is 0 Å². The molecule has 27 heavy (non-hydrogen) atoms. The maximum Gasteiger partial charge on any atom is 0.333 e. The van der Waals surface area contributed by atoms with E-state index in [9.17, 15) is 13.2 Å². The molecule has 0 N–H and O–H groups in total. The van der Waals surface area contributed by atoms with Crippen LogP contribution in [0.3, 0.4) is 0 Å². The van der Waals surface area contributed by atoms with E-state index in [0.29, 0.717) is 11.1 Å². The molecule has 0 bridgehead atoms. The van der Waals surface area contributed by atoms with Crippen LogP contribution in [0.1, 0.15) is 25.3 Å². The summed E-state index contributed by atoms with van der Waals surface area (Å²) in [6, 6.07) is 13.5. The zero-order valence-corrected chi connectivity index (χ0v) is 17.0. The molecule has 0 radical (unpaired) electrons. The average molecular weight is 403 g/mol. The van der Waals surface area contributed by atoms with Crippen LogP contribution in [0.15, 0.2) is 57.8 Å². The summed E-state index contributed by atoms with van der Waals surface area (Å²) in [6.45, 7) is 2.15. The first kappa shape index (κ1) is 19.7. The van der Waals surface area contributed by atoms with Gasteiger partial charge in [-0.25, -0.2) is 13.2 Å². The van der Waals surface area contributed by atoms with Crippen LogP contribution in [0, 0.1) is 0 Å². The summed E-state index contributed by atoms with van der Waals surface area (Å²) in [4.78, 5) is 13.4. The van der Waals surface area contributed by atoms with Crippen LogP contribution in [0.2, 0.25) is 0 Å². The van der Waals surface area contributed by atoms with E-state index in [-0.39, 0.29) is 17.1 Å². The average Bonchev–Trinajstić information content (AvgIpc) is 2.81. The summed E-state index contributed by atoms with van der Waals surface area (Å²) in [6.07, 6.45) is 2.92. The van der Waals surface area contributed by atoms with Gasteiger partial charge in [0.15, 0.2) is 9.84 Å². The van der Waals surface area contributed by atoms with E-state index in [0.717, 1.165) is 23.3 Å². The van der Waals surface area contributed by atoms with Gasteiger partial charge >= 0.3 is 5.97 Å². The third-order valence-electron chi connectivity index (χ3n) is 4.42. The van der Waals surface area contributed by atoms with E-state index in [1.165, 1.54) is 12.0 Å². The van der Waals surface area contributed by atoms with Crippen LogP contribution in [0.5, 0.6) is 0 Å². The van der Waals surface area contributed by atoms with Gasteiger partial charge in [0.1, 0.15) is 0 Å². The lowest BCUT2D eigenvalue weighted by Crippen LogP contribution is -2.09. The first-order valence-electron chi connectivity index (χ1n) is 8.83. The number of rotatable bonds is 5. The molecule has 1 heterocycles. The molecule has 0 saturated heterocycles. The summed E-state index contributed by atoms with van der Waals surface area (Å²) in [5.74, 6) is 0.501. The van der Waals surface area contributed by atoms with Gasteiger partial charge in [0, 0.05) is 10.5 Å². The molecule has 1 aliphatic heterocycles. The number of methoxy groups -OCH3 is 1. The van der Waals surface area contributed by atoms with Crippen LogP contribution in [0.4, 0.5) is 0 Å². The molecule has 0 unspecified atom stereocenters. The molecule has 0 spiro atoms. The fraction of sp³-hybridized carbons (Fsp3) is 0.286. The molecule has 0 saturated carbocycles. The van der Waals surface area contributed by atoms with E-state index in [4.69, 9.17) is 4.74 Å². The standard InChI is InChI=1S/C21H22O4S2/c1-3-11-26-19-7-4-15(5-8-19)16-6-9-20-18(13-16)14-17(21(22)25-2)10-12-27(20,23)24/h4-9,13-14H,3,10-12H2,1-2H3. The number of benzene rings is 2. The predicted octanol–water partition coefficient (Wildman–Crippen LogP) is 4.59. The van der Waals surface area contributed by atoms with Gasteiger partial charge in [0.25, 0.3) is 0 Å². The second kappa shape index (κ2) is 8.31. The summed E-state index contributed by atoms with van der Waals surface area (Å²) in [7, 11) is -2.13. The Kier molecular flexibility index (Phi) is 6.07. The fourth-order valence-corrected chi connectivity index (χ4v) is 5.22. The van der Waals surface area contributed by atoms with Gasteiger partial charge in [-0.1, -0.05) is 25.1 Å². The van der Waals surface area contributed by atoms with Gasteiger partial charge in [-0.05, 0) is 65.6 Å². The predicted molar refractivity (Wildman–Crippen MR) is 110 cm³/mol. The van der Waals surface area contributed by atoms with Crippen molar-refractivity contribution < 1.29 is 17.9 Å². The van der Waals surface area contributed by atoms with E-state index in [1.54, 1.807) is 12.1 Å². The Morgan fingerprint density at radius 3 is 2.48 bits per heavy atom. The molecule has 2 aromatic rings. The normalized spacial score (nSPS) is 15.4. The van der Waals surface area contributed by atoms with Gasteiger partial charge in [0.05, 0.1) is 17.8 Å². The largest absolute Gasteiger partial charge is 0.466 e. The van der Waals surface area contributed by atoms with Crippen LogP contribution >= 0.6 is 11.8 Å². The number of hydrogen-bond acceptors (Lipinski definition) is 5. The number of fused-ring (bicyclic) bond motifs is 1. The number of sulfone groups is 1. The third kappa shape index (κ3) is 4.45. The lowest BCUT2D eigenvalue weighted by atomic mass is 10.0. The minimum atomic E-state index is -3.43. The van der Waals surface area contributed by atoms with Crippen molar-refractivity contribution in [3.8, 4) is 11.1 Å². The summed E-state index contributed by atoms with van der Waals surface area (Å²) >= 11 is 1.82. The van der Waals surface area contributed by atoms with Crippen molar-refractivity contribution in [3.63, 3.8) is 0 Å². The number of ether oxygens (including phenoxy) is 1. The van der Waals surface area contributed by atoms with Crippen molar-refractivity contribution in [2.75, 3.05) is 18.6 Å². The Bertz CT molecular complexity index is 974. The molecule has 0 aliphatic carbocycles. The number of thioether (sulfide) groups is 1. The SMILES string of the molecule is CCCSc1ccc(-c2ccc3c(c2)C=C(C(=O)OC)CCS3(=O)=O)cc1. The van der Waals surface area contributed by atoms with Crippen molar-refractivity contribution in [1.29, 1.82) is 0 Å². The first-order valence-corrected chi connectivity index (χ1v) is 11.5. The monoisotopic (exact) mass is 402 g/mol. The van der Waals surface area contributed by atoms with Crippen LogP contribution < -0.4 is 0 Å². The number of carbonyl (C=O) groups is 1. The molecular weight excluding hydrogens is 380 g/mol. The zero-order valence-electron chi connectivity index (χ0n) is 15.4. The Morgan fingerprint density at radius 1 is 1.11 bits per heavy atom. The highest BCUT2D eigenvalue weighted by atomic mass is 32.2. The second-order valence-corrected chi connectivity index (χ2v) is 9.60. The minimum absolute atomic E-state index is 0.0936. The highest BCUT2D eigenvalue weighted by Gasteiger charge is 2.25. The molecule has 0 atom stereocenters. The van der Waals surface area contributed by atoms with E-state index in [2.05, 4.69) is 19.1 Å². The maximum absolute atomic E-state index is 12.6. The summed E-state index contributed by atoms with van der Waals surface area (Å²) in [5.41, 5.74) is 2.84. The smallest absolute Gasteiger partial charge is 0.333 e. The fourth-order valence-electron chi connectivity index (χ4n) is 2.99. The summed E-state index contributed by atoms with van der Waals surface area (Å²) < 4.78 is 29.9. The van der Waals surface area contributed by atoms with E-state index in [1.807, 2.05) is 36.0 Å². The van der Waals surface area contributed by atoms with Gasteiger partial charge < -0.3 is 4.74 Å². The highest BCUT2D eigenvalue weighted by molar-refractivity contribution is 7.99. The maximum atomic E-state index is 12.6. The third-order valence-corrected chi connectivity index (χ3v) is 7.42. The molecule has 0 aromatic heterocycles. The molecule has 142 valence electrons. The number of esters is 1. The van der Waals surface area contributed by atoms with E-state index < -0.39 is 15.8 Å². The van der Waals surface area contributed by atoms with Gasteiger partial charge in [0.2, 0.25) is 0 Å². The van der Waals surface area contributed by atoms with Crippen molar-refractivity contribution in [2.45, 2.75) is 29.6 Å².